The third-order valence-electron chi connectivity index (χ3n) is 2.42. The van der Waals surface area contributed by atoms with Gasteiger partial charge in [0.15, 0.2) is 0 Å². The number of amides is 1. The number of halogens is 1. The standard InChI is InChI=1S/C11H13ClN2O5/c12-9-7-8(1-2-10(9)14(18)19)11(17)13(3-5-15)4-6-16/h1-2,7,15-16H,3-6H2. The zero-order chi connectivity index (χ0) is 14.4. The van der Waals surface area contributed by atoms with Crippen LogP contribution >= 0.6 is 11.6 Å². The Morgan fingerprint density at radius 3 is 2.32 bits per heavy atom. The average Bonchev–Trinajstić information content (AvgIpc) is 2.37. The van der Waals surface area contributed by atoms with Crippen molar-refractivity contribution in [1.82, 2.24) is 4.90 Å². The molecular weight excluding hydrogens is 276 g/mol. The first-order chi connectivity index (χ1) is 9.01. The average molecular weight is 289 g/mol. The molecule has 0 radical (unpaired) electrons. The van der Waals surface area contributed by atoms with Crippen molar-refractivity contribution in [3.8, 4) is 0 Å². The van der Waals surface area contributed by atoms with Crippen LogP contribution in [0.4, 0.5) is 5.69 Å². The first kappa shape index (κ1) is 15.4. The fraction of sp³-hybridized carbons (Fsp3) is 0.364. The number of nitro groups is 1. The lowest BCUT2D eigenvalue weighted by atomic mass is 10.2. The molecule has 0 bridgehead atoms. The van der Waals surface area contributed by atoms with E-state index in [1.807, 2.05) is 0 Å². The Kier molecular flexibility index (Phi) is 5.68. The number of carbonyl (C=O) groups is 1. The van der Waals surface area contributed by atoms with Gasteiger partial charge in [-0.05, 0) is 12.1 Å². The minimum Gasteiger partial charge on any atom is -0.395 e. The molecule has 0 fully saturated rings. The third-order valence-corrected chi connectivity index (χ3v) is 2.72. The molecule has 104 valence electrons. The van der Waals surface area contributed by atoms with E-state index in [2.05, 4.69) is 0 Å². The largest absolute Gasteiger partial charge is 0.395 e. The number of carbonyl (C=O) groups excluding carboxylic acids is 1. The van der Waals surface area contributed by atoms with E-state index in [1.165, 1.54) is 17.0 Å². The van der Waals surface area contributed by atoms with Gasteiger partial charge in [-0.15, -0.1) is 0 Å². The Morgan fingerprint density at radius 1 is 1.32 bits per heavy atom. The normalized spacial score (nSPS) is 10.3. The van der Waals surface area contributed by atoms with Gasteiger partial charge < -0.3 is 15.1 Å². The summed E-state index contributed by atoms with van der Waals surface area (Å²) in [7, 11) is 0. The number of rotatable bonds is 6. The molecule has 0 saturated heterocycles. The fourth-order valence-corrected chi connectivity index (χ4v) is 1.78. The van der Waals surface area contributed by atoms with E-state index < -0.39 is 10.8 Å². The van der Waals surface area contributed by atoms with Crippen molar-refractivity contribution >= 4 is 23.2 Å². The van der Waals surface area contributed by atoms with E-state index in [4.69, 9.17) is 21.8 Å². The van der Waals surface area contributed by atoms with E-state index in [-0.39, 0.29) is 42.6 Å². The van der Waals surface area contributed by atoms with Crippen LogP contribution in [0.1, 0.15) is 10.4 Å². The summed E-state index contributed by atoms with van der Waals surface area (Å²) in [6.45, 7) is -0.360. The van der Waals surface area contributed by atoms with Gasteiger partial charge in [0.05, 0.1) is 18.1 Å². The van der Waals surface area contributed by atoms with Crippen molar-refractivity contribution in [3.05, 3.63) is 38.9 Å². The van der Waals surface area contributed by atoms with Crippen molar-refractivity contribution in [2.24, 2.45) is 0 Å². The molecule has 19 heavy (non-hydrogen) atoms. The monoisotopic (exact) mass is 288 g/mol. The highest BCUT2D eigenvalue weighted by atomic mass is 35.5. The summed E-state index contributed by atoms with van der Waals surface area (Å²) >= 11 is 5.72. The number of nitro benzene ring substituents is 1. The Morgan fingerprint density at radius 2 is 1.89 bits per heavy atom. The fourth-order valence-electron chi connectivity index (χ4n) is 1.53. The topological polar surface area (TPSA) is 104 Å². The smallest absolute Gasteiger partial charge is 0.287 e. The van der Waals surface area contributed by atoms with Crippen molar-refractivity contribution in [2.45, 2.75) is 0 Å². The lowest BCUT2D eigenvalue weighted by molar-refractivity contribution is -0.384. The summed E-state index contributed by atoms with van der Waals surface area (Å²) in [5.74, 6) is -0.458. The first-order valence-corrected chi connectivity index (χ1v) is 5.84. The predicted octanol–water partition coefficient (Wildman–Crippen LogP) is 0.675. The molecule has 0 aromatic heterocycles. The molecule has 7 nitrogen and oxygen atoms in total. The molecule has 0 spiro atoms. The second-order valence-corrected chi connectivity index (χ2v) is 4.07. The highest BCUT2D eigenvalue weighted by molar-refractivity contribution is 6.33. The van der Waals surface area contributed by atoms with E-state index in [0.29, 0.717) is 0 Å². The van der Waals surface area contributed by atoms with Crippen LogP contribution < -0.4 is 0 Å². The molecule has 0 unspecified atom stereocenters. The van der Waals surface area contributed by atoms with Crippen LogP contribution in [0.3, 0.4) is 0 Å². The maximum Gasteiger partial charge on any atom is 0.287 e. The second-order valence-electron chi connectivity index (χ2n) is 3.66. The maximum absolute atomic E-state index is 12.0. The van der Waals surface area contributed by atoms with Crippen LogP contribution in [0.2, 0.25) is 5.02 Å². The van der Waals surface area contributed by atoms with Crippen molar-refractivity contribution in [3.63, 3.8) is 0 Å². The highest BCUT2D eigenvalue weighted by Gasteiger charge is 2.19. The summed E-state index contributed by atoms with van der Waals surface area (Å²) < 4.78 is 0. The zero-order valence-electron chi connectivity index (χ0n) is 9.95. The van der Waals surface area contributed by atoms with Crippen LogP contribution in [0.5, 0.6) is 0 Å². The highest BCUT2D eigenvalue weighted by Crippen LogP contribution is 2.25. The van der Waals surface area contributed by atoms with Crippen LogP contribution in [0.15, 0.2) is 18.2 Å². The molecule has 0 saturated carbocycles. The summed E-state index contributed by atoms with van der Waals surface area (Å²) in [5, 5.41) is 28.1. The van der Waals surface area contributed by atoms with Gasteiger partial charge in [-0.2, -0.15) is 0 Å². The second kappa shape index (κ2) is 7.03. The van der Waals surface area contributed by atoms with Gasteiger partial charge >= 0.3 is 0 Å². The summed E-state index contributed by atoms with van der Waals surface area (Å²) in [6.07, 6.45) is 0. The number of hydrogen-bond donors (Lipinski definition) is 2. The molecule has 1 aromatic rings. The Bertz CT molecular complexity index is 474. The molecule has 8 heteroatoms. The number of hydrogen-bond acceptors (Lipinski definition) is 5. The van der Waals surface area contributed by atoms with Crippen molar-refractivity contribution < 1.29 is 19.9 Å². The van der Waals surface area contributed by atoms with Crippen LogP contribution in [-0.4, -0.2) is 52.2 Å². The van der Waals surface area contributed by atoms with Crippen LogP contribution in [0, 0.1) is 10.1 Å². The Labute approximate surface area is 114 Å². The number of benzene rings is 1. The van der Waals surface area contributed by atoms with E-state index in [9.17, 15) is 14.9 Å². The van der Waals surface area contributed by atoms with Gasteiger partial charge in [0.25, 0.3) is 11.6 Å². The molecule has 0 heterocycles. The van der Waals surface area contributed by atoms with Crippen LogP contribution in [0.25, 0.3) is 0 Å². The van der Waals surface area contributed by atoms with Crippen LogP contribution in [-0.2, 0) is 0 Å². The zero-order valence-corrected chi connectivity index (χ0v) is 10.7. The SMILES string of the molecule is O=C(c1ccc([N+](=O)[O-])c(Cl)c1)N(CCO)CCO. The lowest BCUT2D eigenvalue weighted by Crippen LogP contribution is -2.35. The summed E-state index contributed by atoms with van der Waals surface area (Å²) in [5.41, 5.74) is -0.119. The van der Waals surface area contributed by atoms with Gasteiger partial charge in [-0.25, -0.2) is 0 Å². The van der Waals surface area contributed by atoms with Gasteiger partial charge in [0, 0.05) is 24.7 Å². The summed E-state index contributed by atoms with van der Waals surface area (Å²) in [4.78, 5) is 23.2. The molecule has 0 aliphatic carbocycles. The van der Waals surface area contributed by atoms with E-state index >= 15 is 0 Å². The third kappa shape index (κ3) is 3.88. The minimum atomic E-state index is -0.643. The molecule has 0 aliphatic rings. The quantitative estimate of drug-likeness (QED) is 0.591. The first-order valence-electron chi connectivity index (χ1n) is 5.46. The number of nitrogens with zero attached hydrogens (tertiary/aromatic N) is 2. The molecule has 1 rings (SSSR count). The van der Waals surface area contributed by atoms with Gasteiger partial charge in [0.1, 0.15) is 5.02 Å². The molecule has 0 atom stereocenters. The molecule has 1 aromatic carbocycles. The maximum atomic E-state index is 12.0. The molecule has 0 aliphatic heterocycles. The number of aliphatic hydroxyl groups excluding tert-OH is 2. The minimum absolute atomic E-state index is 0.0635. The van der Waals surface area contributed by atoms with E-state index in [1.54, 1.807) is 0 Å². The lowest BCUT2D eigenvalue weighted by Gasteiger charge is -2.20. The van der Waals surface area contributed by atoms with Gasteiger partial charge in [0.2, 0.25) is 0 Å². The van der Waals surface area contributed by atoms with E-state index in [0.717, 1.165) is 6.07 Å². The Hall–Kier alpha value is -1.70. The van der Waals surface area contributed by atoms with Crippen molar-refractivity contribution in [1.29, 1.82) is 0 Å². The summed E-state index contributed by atoms with van der Waals surface area (Å²) in [6, 6.07) is 3.63. The van der Waals surface area contributed by atoms with Gasteiger partial charge in [-0.1, -0.05) is 11.6 Å². The number of aliphatic hydroxyl groups is 2. The predicted molar refractivity (Wildman–Crippen MR) is 68.2 cm³/mol. The van der Waals surface area contributed by atoms with Gasteiger partial charge in [-0.3, -0.25) is 14.9 Å². The van der Waals surface area contributed by atoms with Crippen molar-refractivity contribution in [2.75, 3.05) is 26.3 Å². The molecule has 2 N–H and O–H groups in total. The molecular formula is C11H13ClN2O5. The Balaban J connectivity index is 2.98. The molecule has 1 amide bonds.